The molecule has 0 heterocycles. The van der Waals surface area contributed by atoms with Crippen molar-refractivity contribution in [2.24, 2.45) is 0 Å². The summed E-state index contributed by atoms with van der Waals surface area (Å²) in [5.41, 5.74) is 0. The standard InChI is InChI=1S/C24H50O4S/c1-3-5-6-14-18-21-24(29(26,27)28)22-19-16-13-11-9-7-8-10-12-15-17-20-23(25)4-2/h23-25H,3-22H2,1-2H3,(H,26,27,28). The van der Waals surface area contributed by atoms with Gasteiger partial charge in [0.2, 0.25) is 0 Å². The van der Waals surface area contributed by atoms with Crippen LogP contribution in [0.4, 0.5) is 0 Å². The van der Waals surface area contributed by atoms with Crippen LogP contribution in [0.3, 0.4) is 0 Å². The van der Waals surface area contributed by atoms with Gasteiger partial charge in [-0.25, -0.2) is 0 Å². The van der Waals surface area contributed by atoms with Gasteiger partial charge in [0, 0.05) is 0 Å². The summed E-state index contributed by atoms with van der Waals surface area (Å²) in [4.78, 5) is 0. The molecular formula is C24H50O4S. The number of hydrogen-bond acceptors (Lipinski definition) is 3. The zero-order valence-electron chi connectivity index (χ0n) is 19.4. The third kappa shape index (κ3) is 19.6. The summed E-state index contributed by atoms with van der Waals surface area (Å²) in [7, 11) is -3.89. The van der Waals surface area contributed by atoms with Gasteiger partial charge in [-0.3, -0.25) is 4.55 Å². The van der Waals surface area contributed by atoms with E-state index >= 15 is 0 Å². The molecule has 0 radical (unpaired) electrons. The number of unbranched alkanes of at least 4 members (excludes halogenated alkanes) is 14. The molecule has 0 bridgehead atoms. The Morgan fingerprint density at radius 1 is 0.586 bits per heavy atom. The lowest BCUT2D eigenvalue weighted by Gasteiger charge is -2.13. The summed E-state index contributed by atoms with van der Waals surface area (Å²) < 4.78 is 32.6. The molecule has 0 aromatic heterocycles. The Labute approximate surface area is 182 Å². The normalized spacial score (nSPS) is 14.2. The molecule has 0 rings (SSSR count). The van der Waals surface area contributed by atoms with E-state index < -0.39 is 15.4 Å². The molecule has 29 heavy (non-hydrogen) atoms. The minimum Gasteiger partial charge on any atom is -0.393 e. The van der Waals surface area contributed by atoms with Gasteiger partial charge in [-0.1, -0.05) is 117 Å². The summed E-state index contributed by atoms with van der Waals surface area (Å²) >= 11 is 0. The summed E-state index contributed by atoms with van der Waals surface area (Å²) in [5.74, 6) is 0. The molecule has 2 atom stereocenters. The van der Waals surface area contributed by atoms with Crippen molar-refractivity contribution in [3.05, 3.63) is 0 Å². The monoisotopic (exact) mass is 434 g/mol. The predicted molar refractivity (Wildman–Crippen MR) is 125 cm³/mol. The first-order valence-corrected chi connectivity index (χ1v) is 14.1. The molecule has 0 aromatic rings. The fourth-order valence-electron chi connectivity index (χ4n) is 3.96. The van der Waals surface area contributed by atoms with Crippen molar-refractivity contribution in [1.29, 1.82) is 0 Å². The van der Waals surface area contributed by atoms with Gasteiger partial charge in [0.25, 0.3) is 10.1 Å². The van der Waals surface area contributed by atoms with Crippen LogP contribution < -0.4 is 0 Å². The lowest BCUT2D eigenvalue weighted by Crippen LogP contribution is -2.20. The average Bonchev–Trinajstić information content (AvgIpc) is 2.68. The molecule has 2 N–H and O–H groups in total. The molecule has 0 aromatic carbocycles. The Bertz CT molecular complexity index is 436. The van der Waals surface area contributed by atoms with Crippen LogP contribution in [0.15, 0.2) is 0 Å². The molecule has 176 valence electrons. The quantitative estimate of drug-likeness (QED) is 0.137. The van der Waals surface area contributed by atoms with E-state index in [0.29, 0.717) is 12.8 Å². The maximum absolute atomic E-state index is 11.6. The van der Waals surface area contributed by atoms with E-state index in [1.165, 1.54) is 64.2 Å². The van der Waals surface area contributed by atoms with Gasteiger partial charge >= 0.3 is 0 Å². The highest BCUT2D eigenvalue weighted by atomic mass is 32.2. The van der Waals surface area contributed by atoms with Gasteiger partial charge in [0.15, 0.2) is 0 Å². The van der Waals surface area contributed by atoms with Crippen LogP contribution in [0.25, 0.3) is 0 Å². The van der Waals surface area contributed by atoms with Crippen LogP contribution in [0, 0.1) is 0 Å². The maximum atomic E-state index is 11.6. The summed E-state index contributed by atoms with van der Waals surface area (Å²) in [5, 5.41) is 8.96. The van der Waals surface area contributed by atoms with E-state index in [4.69, 9.17) is 0 Å². The molecule has 0 amide bonds. The predicted octanol–water partition coefficient (Wildman–Crippen LogP) is 7.45. The van der Waals surface area contributed by atoms with E-state index in [9.17, 15) is 18.1 Å². The number of rotatable bonds is 22. The van der Waals surface area contributed by atoms with Crippen molar-refractivity contribution in [1.82, 2.24) is 0 Å². The fraction of sp³-hybridized carbons (Fsp3) is 1.00. The Morgan fingerprint density at radius 3 is 1.28 bits per heavy atom. The van der Waals surface area contributed by atoms with Gasteiger partial charge in [-0.05, 0) is 25.7 Å². The van der Waals surface area contributed by atoms with Crippen molar-refractivity contribution in [2.75, 3.05) is 0 Å². The molecule has 0 spiro atoms. The first-order chi connectivity index (χ1) is 13.9. The van der Waals surface area contributed by atoms with Crippen LogP contribution >= 0.6 is 0 Å². The summed E-state index contributed by atoms with van der Waals surface area (Å²) in [6.45, 7) is 4.20. The third-order valence-corrected chi connectivity index (χ3v) is 7.40. The third-order valence-electron chi connectivity index (χ3n) is 6.09. The number of aliphatic hydroxyl groups excluding tert-OH is 1. The van der Waals surface area contributed by atoms with Crippen molar-refractivity contribution in [3.63, 3.8) is 0 Å². The van der Waals surface area contributed by atoms with Crippen LogP contribution in [0.1, 0.15) is 142 Å². The Morgan fingerprint density at radius 2 is 0.931 bits per heavy atom. The van der Waals surface area contributed by atoms with Gasteiger partial charge in [0.1, 0.15) is 0 Å². The highest BCUT2D eigenvalue weighted by molar-refractivity contribution is 7.86. The maximum Gasteiger partial charge on any atom is 0.267 e. The molecule has 0 saturated heterocycles. The zero-order chi connectivity index (χ0) is 21.8. The molecule has 0 saturated carbocycles. The lowest BCUT2D eigenvalue weighted by molar-refractivity contribution is 0.156. The lowest BCUT2D eigenvalue weighted by atomic mass is 10.0. The topological polar surface area (TPSA) is 74.6 Å². The first kappa shape index (κ1) is 28.9. The number of aliphatic hydroxyl groups is 1. The second kappa shape index (κ2) is 19.8. The summed E-state index contributed by atoms with van der Waals surface area (Å²) in [6, 6.07) is 0. The van der Waals surface area contributed by atoms with Gasteiger partial charge in [0.05, 0.1) is 11.4 Å². The molecular weight excluding hydrogens is 384 g/mol. The van der Waals surface area contributed by atoms with Crippen molar-refractivity contribution >= 4 is 10.1 Å². The van der Waals surface area contributed by atoms with E-state index in [-0.39, 0.29) is 6.10 Å². The second-order valence-electron chi connectivity index (χ2n) is 8.87. The van der Waals surface area contributed by atoms with Crippen molar-refractivity contribution in [3.8, 4) is 0 Å². The minimum atomic E-state index is -3.89. The van der Waals surface area contributed by atoms with Gasteiger partial charge < -0.3 is 5.11 Å². The Kier molecular flexibility index (Phi) is 19.7. The molecule has 0 fully saturated rings. The van der Waals surface area contributed by atoms with E-state index in [1.807, 2.05) is 6.92 Å². The first-order valence-electron chi connectivity index (χ1n) is 12.6. The molecule has 0 aliphatic heterocycles. The Balaban J connectivity index is 3.53. The fourth-order valence-corrected chi connectivity index (χ4v) is 4.89. The van der Waals surface area contributed by atoms with Crippen LogP contribution in [-0.2, 0) is 10.1 Å². The van der Waals surface area contributed by atoms with Crippen LogP contribution in [0.2, 0.25) is 0 Å². The molecule has 0 aliphatic rings. The molecule has 4 nitrogen and oxygen atoms in total. The minimum absolute atomic E-state index is 0.103. The van der Waals surface area contributed by atoms with Crippen LogP contribution in [-0.4, -0.2) is 29.4 Å². The average molecular weight is 435 g/mol. The van der Waals surface area contributed by atoms with Crippen LogP contribution in [0.5, 0.6) is 0 Å². The zero-order valence-corrected chi connectivity index (χ0v) is 20.2. The highest BCUT2D eigenvalue weighted by Crippen LogP contribution is 2.19. The van der Waals surface area contributed by atoms with E-state index in [0.717, 1.165) is 51.4 Å². The van der Waals surface area contributed by atoms with Gasteiger partial charge in [-0.15, -0.1) is 0 Å². The van der Waals surface area contributed by atoms with E-state index in [1.54, 1.807) is 0 Å². The molecule has 2 unspecified atom stereocenters. The molecule has 5 heteroatoms. The Hall–Kier alpha value is -0.130. The van der Waals surface area contributed by atoms with E-state index in [2.05, 4.69) is 6.92 Å². The second-order valence-corrected chi connectivity index (χ2v) is 10.6. The SMILES string of the molecule is CCCCCCCC(CCCCCCCCCCCCCC(O)CC)S(=O)(=O)O. The van der Waals surface area contributed by atoms with Crippen molar-refractivity contribution < 1.29 is 18.1 Å². The highest BCUT2D eigenvalue weighted by Gasteiger charge is 2.21. The smallest absolute Gasteiger partial charge is 0.267 e. The van der Waals surface area contributed by atoms with Gasteiger partial charge in [-0.2, -0.15) is 8.42 Å². The molecule has 0 aliphatic carbocycles. The number of hydrogen-bond donors (Lipinski definition) is 2. The largest absolute Gasteiger partial charge is 0.393 e. The van der Waals surface area contributed by atoms with Crippen molar-refractivity contribution in [2.45, 2.75) is 154 Å². The summed E-state index contributed by atoms with van der Waals surface area (Å²) in [6.07, 6.45) is 21.7.